The molecule has 0 aromatic carbocycles. The Labute approximate surface area is 109 Å². The number of hydrogen-bond acceptors (Lipinski definition) is 2. The van der Waals surface area contributed by atoms with E-state index in [2.05, 4.69) is 10.6 Å². The molecule has 1 amide bonds. The zero-order valence-corrected chi connectivity index (χ0v) is 11.0. The Bertz CT molecular complexity index is 326. The molecule has 0 aromatic heterocycles. The molecule has 1 aliphatic heterocycles. The number of carbonyl (C=O) groups excluding carboxylic acids is 1. The maximum absolute atomic E-state index is 11.5. The van der Waals surface area contributed by atoms with Crippen molar-refractivity contribution in [1.29, 1.82) is 0 Å². The van der Waals surface area contributed by atoms with Gasteiger partial charge >= 0.3 is 0 Å². The molecule has 1 saturated heterocycles. The first-order valence-corrected chi connectivity index (χ1v) is 7.79. The predicted molar refractivity (Wildman–Crippen MR) is 70.0 cm³/mol. The maximum atomic E-state index is 11.5. The second kappa shape index (κ2) is 4.22. The van der Waals surface area contributed by atoms with Crippen LogP contribution >= 0.6 is 0 Å². The molecule has 100 valence electrons. The van der Waals surface area contributed by atoms with Gasteiger partial charge in [-0.05, 0) is 61.7 Å². The first kappa shape index (κ1) is 11.3. The smallest absolute Gasteiger partial charge is 0.221 e. The van der Waals surface area contributed by atoms with E-state index in [0.717, 1.165) is 42.7 Å². The number of amides is 1. The standard InChI is InChI=1S/C15H24N2O/c18-14-1-2-16-13(8-17-14)15-11-4-9-3-10(6-11)7-12(15)5-9/h9-13,15-16H,1-8H2,(H,17,18). The van der Waals surface area contributed by atoms with Gasteiger partial charge in [0, 0.05) is 25.6 Å². The van der Waals surface area contributed by atoms with Gasteiger partial charge in [-0.3, -0.25) is 4.79 Å². The number of rotatable bonds is 1. The van der Waals surface area contributed by atoms with Crippen molar-refractivity contribution in [2.45, 2.75) is 44.6 Å². The predicted octanol–water partition coefficient (Wildman–Crippen LogP) is 1.54. The van der Waals surface area contributed by atoms with Crippen LogP contribution in [0.15, 0.2) is 0 Å². The summed E-state index contributed by atoms with van der Waals surface area (Å²) in [6.07, 6.45) is 8.08. The molecule has 5 fully saturated rings. The van der Waals surface area contributed by atoms with E-state index >= 15 is 0 Å². The van der Waals surface area contributed by atoms with Crippen LogP contribution in [0.4, 0.5) is 0 Å². The molecule has 18 heavy (non-hydrogen) atoms. The third kappa shape index (κ3) is 1.78. The average molecular weight is 248 g/mol. The van der Waals surface area contributed by atoms with Crippen molar-refractivity contribution >= 4 is 5.91 Å². The van der Waals surface area contributed by atoms with Crippen LogP contribution in [0, 0.1) is 29.6 Å². The van der Waals surface area contributed by atoms with E-state index in [1.807, 2.05) is 0 Å². The molecule has 0 radical (unpaired) electrons. The summed E-state index contributed by atoms with van der Waals surface area (Å²) < 4.78 is 0. The van der Waals surface area contributed by atoms with E-state index in [0.29, 0.717) is 12.5 Å². The first-order valence-electron chi connectivity index (χ1n) is 7.79. The van der Waals surface area contributed by atoms with Crippen molar-refractivity contribution in [2.24, 2.45) is 29.6 Å². The van der Waals surface area contributed by atoms with E-state index in [-0.39, 0.29) is 5.91 Å². The Balaban J connectivity index is 1.52. The average Bonchev–Trinajstić information content (AvgIpc) is 2.53. The molecule has 5 aliphatic rings. The molecule has 4 aliphatic carbocycles. The van der Waals surface area contributed by atoms with Crippen LogP contribution in [0.2, 0.25) is 0 Å². The molecular weight excluding hydrogens is 224 g/mol. The van der Waals surface area contributed by atoms with E-state index in [4.69, 9.17) is 0 Å². The van der Waals surface area contributed by atoms with Gasteiger partial charge in [0.2, 0.25) is 5.91 Å². The van der Waals surface area contributed by atoms with Crippen molar-refractivity contribution in [1.82, 2.24) is 10.6 Å². The van der Waals surface area contributed by atoms with Gasteiger partial charge in [0.25, 0.3) is 0 Å². The monoisotopic (exact) mass is 248 g/mol. The number of carbonyl (C=O) groups is 1. The summed E-state index contributed by atoms with van der Waals surface area (Å²) in [6.45, 7) is 1.74. The summed E-state index contributed by atoms with van der Waals surface area (Å²) in [5.74, 6) is 5.07. The molecule has 0 spiro atoms. The molecule has 1 unspecified atom stereocenters. The Morgan fingerprint density at radius 3 is 2.28 bits per heavy atom. The molecule has 2 N–H and O–H groups in total. The van der Waals surface area contributed by atoms with Gasteiger partial charge in [-0.1, -0.05) is 0 Å². The summed E-state index contributed by atoms with van der Waals surface area (Å²) in [5.41, 5.74) is 0. The van der Waals surface area contributed by atoms with Crippen molar-refractivity contribution in [2.75, 3.05) is 13.1 Å². The lowest BCUT2D eigenvalue weighted by atomic mass is 9.50. The van der Waals surface area contributed by atoms with Gasteiger partial charge in [-0.25, -0.2) is 0 Å². The summed E-state index contributed by atoms with van der Waals surface area (Å²) >= 11 is 0. The van der Waals surface area contributed by atoms with Gasteiger partial charge in [-0.15, -0.1) is 0 Å². The van der Waals surface area contributed by atoms with E-state index in [9.17, 15) is 4.79 Å². The largest absolute Gasteiger partial charge is 0.354 e. The lowest BCUT2D eigenvalue weighted by molar-refractivity contribution is -0.120. The van der Waals surface area contributed by atoms with Crippen LogP contribution in [0.1, 0.15) is 38.5 Å². The van der Waals surface area contributed by atoms with Gasteiger partial charge in [-0.2, -0.15) is 0 Å². The topological polar surface area (TPSA) is 41.1 Å². The molecule has 1 atom stereocenters. The Morgan fingerprint density at radius 1 is 0.944 bits per heavy atom. The Hall–Kier alpha value is -0.570. The van der Waals surface area contributed by atoms with Crippen LogP contribution in [-0.4, -0.2) is 25.0 Å². The van der Waals surface area contributed by atoms with Gasteiger partial charge < -0.3 is 10.6 Å². The van der Waals surface area contributed by atoms with Crippen LogP contribution in [0.3, 0.4) is 0 Å². The minimum atomic E-state index is 0.230. The molecule has 3 nitrogen and oxygen atoms in total. The maximum Gasteiger partial charge on any atom is 0.221 e. The SMILES string of the molecule is O=C1CCNC(C2C3CC4CC(C3)CC2C4)CN1. The highest BCUT2D eigenvalue weighted by atomic mass is 16.1. The second-order valence-electron chi connectivity index (χ2n) is 7.12. The van der Waals surface area contributed by atoms with Crippen LogP contribution in [0.25, 0.3) is 0 Å². The van der Waals surface area contributed by atoms with Crippen molar-refractivity contribution < 1.29 is 4.79 Å². The van der Waals surface area contributed by atoms with E-state index in [1.54, 1.807) is 0 Å². The number of hydrogen-bond donors (Lipinski definition) is 2. The van der Waals surface area contributed by atoms with E-state index in [1.165, 1.54) is 32.1 Å². The van der Waals surface area contributed by atoms with Gasteiger partial charge in [0.1, 0.15) is 0 Å². The summed E-state index contributed by atoms with van der Waals surface area (Å²) in [4.78, 5) is 11.5. The minimum absolute atomic E-state index is 0.230. The van der Waals surface area contributed by atoms with Crippen LogP contribution < -0.4 is 10.6 Å². The summed E-state index contributed by atoms with van der Waals surface area (Å²) in [5, 5.41) is 6.76. The normalized spacial score (nSPS) is 51.0. The molecule has 4 bridgehead atoms. The summed E-state index contributed by atoms with van der Waals surface area (Å²) in [6, 6.07) is 0.548. The van der Waals surface area contributed by atoms with Crippen molar-refractivity contribution in [3.63, 3.8) is 0 Å². The third-order valence-corrected chi connectivity index (χ3v) is 6.04. The fourth-order valence-corrected chi connectivity index (χ4v) is 5.65. The zero-order chi connectivity index (χ0) is 12.1. The van der Waals surface area contributed by atoms with Gasteiger partial charge in [0.05, 0.1) is 0 Å². The third-order valence-electron chi connectivity index (χ3n) is 6.04. The Kier molecular flexibility index (Phi) is 2.65. The second-order valence-corrected chi connectivity index (χ2v) is 7.12. The Morgan fingerprint density at radius 2 is 1.61 bits per heavy atom. The highest BCUT2D eigenvalue weighted by Gasteiger charge is 2.50. The van der Waals surface area contributed by atoms with Crippen LogP contribution in [0.5, 0.6) is 0 Å². The summed E-state index contributed by atoms with van der Waals surface area (Å²) in [7, 11) is 0. The highest BCUT2D eigenvalue weighted by molar-refractivity contribution is 5.76. The zero-order valence-electron chi connectivity index (χ0n) is 11.0. The van der Waals surface area contributed by atoms with E-state index < -0.39 is 0 Å². The quantitative estimate of drug-likeness (QED) is 0.739. The first-order chi connectivity index (χ1) is 8.79. The van der Waals surface area contributed by atoms with Gasteiger partial charge in [0.15, 0.2) is 0 Å². The molecule has 4 saturated carbocycles. The molecule has 0 aromatic rings. The molecule has 5 rings (SSSR count). The lowest BCUT2D eigenvalue weighted by Gasteiger charge is -2.56. The fourth-order valence-electron chi connectivity index (χ4n) is 5.65. The minimum Gasteiger partial charge on any atom is -0.354 e. The highest BCUT2D eigenvalue weighted by Crippen LogP contribution is 2.57. The van der Waals surface area contributed by atoms with Crippen LogP contribution in [-0.2, 0) is 4.79 Å². The fraction of sp³-hybridized carbons (Fsp3) is 0.933. The lowest BCUT2D eigenvalue weighted by Crippen LogP contribution is -2.55. The van der Waals surface area contributed by atoms with Crippen molar-refractivity contribution in [3.05, 3.63) is 0 Å². The molecular formula is C15H24N2O. The molecule has 3 heteroatoms. The molecule has 1 heterocycles. The van der Waals surface area contributed by atoms with Crippen molar-refractivity contribution in [3.8, 4) is 0 Å². The number of nitrogens with one attached hydrogen (secondary N) is 2.